The molecule has 0 radical (unpaired) electrons. The van der Waals surface area contributed by atoms with E-state index in [1.165, 1.54) is 84.4 Å². The van der Waals surface area contributed by atoms with Gasteiger partial charge in [0.15, 0.2) is 0 Å². The predicted octanol–water partition coefficient (Wildman–Crippen LogP) is 13.6. The molecule has 2 heteroatoms. The number of hydrogen-bond acceptors (Lipinski definition) is 1. The van der Waals surface area contributed by atoms with Crippen molar-refractivity contribution in [3.63, 3.8) is 0 Å². The van der Waals surface area contributed by atoms with Gasteiger partial charge in [0.25, 0.3) is 0 Å². The van der Waals surface area contributed by atoms with Gasteiger partial charge in [-0.1, -0.05) is 109 Å². The fourth-order valence-corrected chi connectivity index (χ4v) is 10.7. The third-order valence-electron chi connectivity index (χ3n) is 13.4. The van der Waals surface area contributed by atoms with E-state index >= 15 is 0 Å². The topological polar surface area (TPSA) is 8.17 Å². The van der Waals surface area contributed by atoms with Crippen LogP contribution in [0.25, 0.3) is 39.8 Å². The van der Waals surface area contributed by atoms with Crippen LogP contribution in [0, 0.1) is 0 Å². The lowest BCUT2D eigenvalue weighted by atomic mass is 9.80. The third kappa shape index (κ3) is 5.36. The van der Waals surface area contributed by atoms with Crippen LogP contribution in [0.4, 0.5) is 11.4 Å². The highest BCUT2D eigenvalue weighted by atomic mass is 15.2. The summed E-state index contributed by atoms with van der Waals surface area (Å²) in [5.41, 5.74) is 20.1. The second-order valence-corrected chi connectivity index (χ2v) is 16.4. The number of aromatic nitrogens is 1. The van der Waals surface area contributed by atoms with Gasteiger partial charge in [0.2, 0.25) is 0 Å². The van der Waals surface area contributed by atoms with Gasteiger partial charge in [-0.2, -0.15) is 0 Å². The van der Waals surface area contributed by atoms with E-state index in [1.807, 2.05) is 0 Å². The zero-order valence-electron chi connectivity index (χ0n) is 31.2. The number of benzene rings is 4. The lowest BCUT2D eigenvalue weighted by Crippen LogP contribution is -2.31. The summed E-state index contributed by atoms with van der Waals surface area (Å²) in [6.07, 6.45) is 33.9. The molecule has 0 amide bonds. The molecule has 2 nitrogen and oxygen atoms in total. The Morgan fingerprint density at radius 2 is 1.44 bits per heavy atom. The summed E-state index contributed by atoms with van der Waals surface area (Å²) in [6, 6.07) is 34.2. The first-order valence-corrected chi connectivity index (χ1v) is 20.6. The van der Waals surface area contributed by atoms with E-state index < -0.39 is 0 Å². The molecule has 1 aromatic heterocycles. The normalized spacial score (nSPS) is 22.6. The van der Waals surface area contributed by atoms with Gasteiger partial charge in [-0.15, -0.1) is 0 Å². The molecule has 0 saturated heterocycles. The highest BCUT2D eigenvalue weighted by Crippen LogP contribution is 2.53. The molecule has 0 saturated carbocycles. The molecule has 3 unspecified atom stereocenters. The molecule has 5 aromatic rings. The molecule has 0 fully saturated rings. The van der Waals surface area contributed by atoms with E-state index in [1.54, 1.807) is 5.69 Å². The van der Waals surface area contributed by atoms with Crippen LogP contribution in [-0.4, -0.2) is 10.6 Å². The highest BCUT2D eigenvalue weighted by molar-refractivity contribution is 5.95. The van der Waals surface area contributed by atoms with Crippen LogP contribution in [0.5, 0.6) is 0 Å². The predicted molar refractivity (Wildman–Crippen MR) is 229 cm³/mol. The fourth-order valence-electron chi connectivity index (χ4n) is 10.7. The molecule has 0 N–H and O–H groups in total. The zero-order valence-corrected chi connectivity index (χ0v) is 31.2. The maximum Gasteiger partial charge on any atom is 0.0491 e. The lowest BCUT2D eigenvalue weighted by Gasteiger charge is -2.34. The van der Waals surface area contributed by atoms with Crippen LogP contribution in [0.2, 0.25) is 0 Å². The van der Waals surface area contributed by atoms with Gasteiger partial charge in [-0.05, 0) is 151 Å². The smallest absolute Gasteiger partial charge is 0.0491 e. The van der Waals surface area contributed by atoms with E-state index in [-0.39, 0.29) is 0 Å². The highest BCUT2D eigenvalue weighted by Gasteiger charge is 2.41. The van der Waals surface area contributed by atoms with E-state index in [9.17, 15) is 0 Å². The summed E-state index contributed by atoms with van der Waals surface area (Å²) in [4.78, 5) is 2.67. The maximum absolute atomic E-state index is 2.77. The number of allylic oxidation sites excluding steroid dienone is 9. The Morgan fingerprint density at radius 1 is 0.611 bits per heavy atom. The molecular formula is C52H48N2. The SMILES string of the molecule is C1=CC(c2ccc(C3=CCCC(n4c5c(c6cc(C7=CCC8C(C7)c7ccccc7N8c7ccc8c(c7)CCC=C8)ccc64)C=CCC5)C3)cc2)=CCC1. The minimum absolute atomic E-state index is 0.453. The minimum atomic E-state index is 0.453. The number of fused-ring (bicyclic) bond motifs is 7. The molecule has 54 heavy (non-hydrogen) atoms. The van der Waals surface area contributed by atoms with Crippen molar-refractivity contribution in [2.24, 2.45) is 0 Å². The number of aryl methyl sites for hydroxylation is 1. The second-order valence-electron chi connectivity index (χ2n) is 16.4. The summed E-state index contributed by atoms with van der Waals surface area (Å²) >= 11 is 0. The summed E-state index contributed by atoms with van der Waals surface area (Å²) < 4.78 is 2.77. The Morgan fingerprint density at radius 3 is 2.37 bits per heavy atom. The van der Waals surface area contributed by atoms with Crippen molar-refractivity contribution in [2.45, 2.75) is 88.6 Å². The Kier molecular flexibility index (Phi) is 7.85. The van der Waals surface area contributed by atoms with Gasteiger partial charge < -0.3 is 9.47 Å². The largest absolute Gasteiger partial charge is 0.341 e. The van der Waals surface area contributed by atoms with Crippen molar-refractivity contribution in [2.75, 3.05) is 4.90 Å². The standard InChI is InChI=1S/C52H48N2/c1-2-11-35(12-3-1)37-21-23-38(24-22-37)40-15-10-16-43(31-40)53-49-19-8-6-17-45(49)47-33-41(26-29-51(47)53)42-27-30-52-48(34-42)46-18-7-9-20-50(46)54(52)44-28-25-36-13-4-5-14-39(36)32-44/h2,4,6-7,9,11-13,15,17-18,20-29,32-33,43,48,52H,1,3,5,8,10,14,16,19,30-31,34H2. The van der Waals surface area contributed by atoms with Crippen molar-refractivity contribution in [1.82, 2.24) is 4.57 Å². The molecule has 266 valence electrons. The van der Waals surface area contributed by atoms with Crippen molar-refractivity contribution in [3.8, 4) is 0 Å². The molecule has 1 aliphatic heterocycles. The van der Waals surface area contributed by atoms with Crippen LogP contribution in [0.3, 0.4) is 0 Å². The summed E-state index contributed by atoms with van der Waals surface area (Å²) in [5.74, 6) is 0.489. The minimum Gasteiger partial charge on any atom is -0.341 e. The lowest BCUT2D eigenvalue weighted by molar-refractivity contribution is 0.467. The van der Waals surface area contributed by atoms with Crippen LogP contribution in [0.15, 0.2) is 127 Å². The Balaban J connectivity index is 0.902. The van der Waals surface area contributed by atoms with Crippen LogP contribution >= 0.6 is 0 Å². The summed E-state index contributed by atoms with van der Waals surface area (Å²) in [7, 11) is 0. The Bertz CT molecular complexity index is 2490. The van der Waals surface area contributed by atoms with Gasteiger partial charge in [0.1, 0.15) is 0 Å². The Hall–Kier alpha value is -5.34. The first-order valence-electron chi connectivity index (χ1n) is 20.6. The maximum atomic E-state index is 2.77. The first-order chi connectivity index (χ1) is 26.8. The second kappa shape index (κ2) is 13.2. The molecule has 4 aromatic carbocycles. The van der Waals surface area contributed by atoms with Crippen LogP contribution in [-0.2, 0) is 12.8 Å². The van der Waals surface area contributed by atoms with E-state index in [0.717, 1.165) is 64.2 Å². The quantitative estimate of drug-likeness (QED) is 0.177. The first kappa shape index (κ1) is 32.1. The number of hydrogen-bond donors (Lipinski definition) is 0. The molecular weight excluding hydrogens is 653 g/mol. The average Bonchev–Trinajstić information content (AvgIpc) is 3.76. The fraction of sp³-hybridized carbons (Fsp3) is 0.269. The van der Waals surface area contributed by atoms with Crippen molar-refractivity contribution >= 4 is 51.1 Å². The van der Waals surface area contributed by atoms with Gasteiger partial charge in [0.05, 0.1) is 0 Å². The van der Waals surface area contributed by atoms with Crippen molar-refractivity contribution in [1.29, 1.82) is 0 Å². The van der Waals surface area contributed by atoms with Gasteiger partial charge in [-0.25, -0.2) is 0 Å². The Labute approximate surface area is 320 Å². The van der Waals surface area contributed by atoms with E-state index in [0.29, 0.717) is 18.0 Å². The average molecular weight is 701 g/mol. The number of rotatable bonds is 5. The summed E-state index contributed by atoms with van der Waals surface area (Å²) in [6.45, 7) is 0. The van der Waals surface area contributed by atoms with E-state index in [2.05, 4.69) is 149 Å². The number of anilines is 2. The number of para-hydroxylation sites is 1. The van der Waals surface area contributed by atoms with Gasteiger partial charge >= 0.3 is 0 Å². The molecule has 6 aliphatic rings. The molecule has 0 bridgehead atoms. The molecule has 0 spiro atoms. The number of nitrogens with zero attached hydrogens (tertiary/aromatic N) is 2. The van der Waals surface area contributed by atoms with Crippen LogP contribution in [0.1, 0.15) is 114 Å². The summed E-state index contributed by atoms with van der Waals surface area (Å²) in [5, 5.41) is 1.44. The van der Waals surface area contributed by atoms with Gasteiger partial charge in [0, 0.05) is 51.5 Å². The molecule has 5 aliphatic carbocycles. The third-order valence-corrected chi connectivity index (χ3v) is 13.4. The zero-order chi connectivity index (χ0) is 35.6. The monoisotopic (exact) mass is 700 g/mol. The van der Waals surface area contributed by atoms with Crippen molar-refractivity contribution in [3.05, 3.63) is 172 Å². The van der Waals surface area contributed by atoms with Gasteiger partial charge in [-0.3, -0.25) is 0 Å². The van der Waals surface area contributed by atoms with E-state index in [4.69, 9.17) is 0 Å². The van der Waals surface area contributed by atoms with Crippen molar-refractivity contribution < 1.29 is 0 Å². The van der Waals surface area contributed by atoms with Crippen LogP contribution < -0.4 is 4.90 Å². The molecule has 3 atom stereocenters. The molecule has 2 heterocycles. The molecule has 11 rings (SSSR count).